The van der Waals surface area contributed by atoms with Gasteiger partial charge in [0.05, 0.1) is 25.5 Å². The number of aromatic amines is 1. The Balaban J connectivity index is 1.30. The van der Waals surface area contributed by atoms with E-state index in [1.54, 1.807) is 31.6 Å². The van der Waals surface area contributed by atoms with Crippen LogP contribution in [0.1, 0.15) is 55.6 Å². The van der Waals surface area contributed by atoms with Crippen LogP contribution in [-0.4, -0.2) is 56.3 Å². The van der Waals surface area contributed by atoms with Gasteiger partial charge in [0, 0.05) is 29.9 Å². The number of rotatable bonds is 8. The summed E-state index contributed by atoms with van der Waals surface area (Å²) in [7, 11) is 1.56. The number of ether oxygens (including phenoxy) is 1. The molecular weight excluding hydrogens is 573 g/mol. The van der Waals surface area contributed by atoms with Gasteiger partial charge in [0.15, 0.2) is 23.0 Å². The Bertz CT molecular complexity index is 1960. The van der Waals surface area contributed by atoms with Gasteiger partial charge in [-0.15, -0.1) is 0 Å². The minimum atomic E-state index is -4.53. The van der Waals surface area contributed by atoms with Crippen molar-refractivity contribution in [2.24, 2.45) is 0 Å². The minimum absolute atomic E-state index is 0.204. The molecule has 1 N–H and O–H groups in total. The summed E-state index contributed by atoms with van der Waals surface area (Å²) in [5.74, 6) is 1.99. The number of alkyl halides is 3. The van der Waals surface area contributed by atoms with E-state index in [9.17, 15) is 13.2 Å². The van der Waals surface area contributed by atoms with E-state index in [4.69, 9.17) is 14.7 Å². The van der Waals surface area contributed by atoms with E-state index in [-0.39, 0.29) is 11.9 Å². The highest BCUT2D eigenvalue weighted by Crippen LogP contribution is 2.45. The second-order valence-electron chi connectivity index (χ2n) is 10.9. The monoisotopic (exact) mass is 600 g/mol. The molecule has 0 amide bonds. The van der Waals surface area contributed by atoms with Crippen molar-refractivity contribution in [3.63, 3.8) is 0 Å². The van der Waals surface area contributed by atoms with E-state index in [0.717, 1.165) is 30.3 Å². The number of aromatic nitrogens is 10. The molecule has 1 fully saturated rings. The largest absolute Gasteiger partial charge is 0.480 e. The van der Waals surface area contributed by atoms with Gasteiger partial charge in [-0.05, 0) is 38.3 Å². The molecule has 1 aliphatic carbocycles. The molecule has 14 heteroatoms. The van der Waals surface area contributed by atoms with Gasteiger partial charge in [-0.1, -0.05) is 24.3 Å². The SMILES string of the molecule is COc1ncnc(C2CC2)c1-c1ncc2nc(-c3cc[nH]n3)n(Cc3ccc(-c4nc(C(F)(F)F)cn4C(C)C)cc3)c2n1. The molecule has 224 valence electrons. The van der Waals surface area contributed by atoms with Crippen LogP contribution in [0.5, 0.6) is 5.88 Å². The highest BCUT2D eigenvalue weighted by Gasteiger charge is 2.35. The van der Waals surface area contributed by atoms with Crippen molar-refractivity contribution < 1.29 is 17.9 Å². The Morgan fingerprint density at radius 2 is 1.80 bits per heavy atom. The summed E-state index contributed by atoms with van der Waals surface area (Å²) in [6.45, 7) is 4.00. The smallest absolute Gasteiger partial charge is 0.434 e. The quantitative estimate of drug-likeness (QED) is 0.223. The number of halogens is 3. The average Bonchev–Trinajstić information content (AvgIpc) is 3.38. The fraction of sp³-hybridized carbons (Fsp3) is 0.300. The van der Waals surface area contributed by atoms with Gasteiger partial charge in [-0.3, -0.25) is 5.10 Å². The maximum Gasteiger partial charge on any atom is 0.434 e. The summed E-state index contributed by atoms with van der Waals surface area (Å²) in [5, 5.41) is 7.17. The highest BCUT2D eigenvalue weighted by atomic mass is 19.4. The maximum atomic E-state index is 13.4. The van der Waals surface area contributed by atoms with E-state index in [1.807, 2.05) is 36.6 Å². The van der Waals surface area contributed by atoms with Gasteiger partial charge in [0.25, 0.3) is 0 Å². The summed E-state index contributed by atoms with van der Waals surface area (Å²) in [5.41, 5.74) is 3.84. The first-order chi connectivity index (χ1) is 21.2. The fourth-order valence-corrected chi connectivity index (χ4v) is 5.26. The molecule has 1 aromatic carbocycles. The number of imidazole rings is 2. The topological polar surface area (TPSA) is 125 Å². The summed E-state index contributed by atoms with van der Waals surface area (Å²) in [4.78, 5) is 27.1. The molecule has 0 bridgehead atoms. The predicted octanol–water partition coefficient (Wildman–Crippen LogP) is 6.07. The molecule has 1 aliphatic rings. The lowest BCUT2D eigenvalue weighted by atomic mass is 10.1. The van der Waals surface area contributed by atoms with E-state index in [1.165, 1.54) is 10.9 Å². The van der Waals surface area contributed by atoms with Crippen molar-refractivity contribution in [1.82, 2.24) is 49.2 Å². The van der Waals surface area contributed by atoms with Crippen molar-refractivity contribution in [3.8, 4) is 40.2 Å². The fourth-order valence-electron chi connectivity index (χ4n) is 5.26. The zero-order valence-electron chi connectivity index (χ0n) is 24.0. The number of nitrogens with zero attached hydrogens (tertiary/aromatic N) is 9. The molecule has 0 aliphatic heterocycles. The molecule has 0 radical (unpaired) electrons. The third-order valence-corrected chi connectivity index (χ3v) is 7.57. The maximum absolute atomic E-state index is 13.4. The van der Waals surface area contributed by atoms with Crippen molar-refractivity contribution in [2.75, 3.05) is 7.11 Å². The van der Waals surface area contributed by atoms with Crippen LogP contribution >= 0.6 is 0 Å². The Labute approximate surface area is 249 Å². The zero-order valence-corrected chi connectivity index (χ0v) is 24.0. The summed E-state index contributed by atoms with van der Waals surface area (Å²) >= 11 is 0. The molecule has 0 unspecified atom stereocenters. The summed E-state index contributed by atoms with van der Waals surface area (Å²) in [6.07, 6.45) is 3.46. The lowest BCUT2D eigenvalue weighted by molar-refractivity contribution is -0.140. The Morgan fingerprint density at radius 1 is 1.00 bits per heavy atom. The van der Waals surface area contributed by atoms with Crippen LogP contribution in [0.2, 0.25) is 0 Å². The van der Waals surface area contributed by atoms with Gasteiger partial charge in [-0.2, -0.15) is 18.3 Å². The first kappa shape index (κ1) is 27.7. The van der Waals surface area contributed by atoms with Crippen LogP contribution in [0, 0.1) is 0 Å². The normalized spacial score (nSPS) is 13.7. The van der Waals surface area contributed by atoms with Crippen molar-refractivity contribution in [3.05, 3.63) is 72.2 Å². The summed E-state index contributed by atoms with van der Waals surface area (Å²) in [6, 6.07) is 8.90. The third kappa shape index (κ3) is 4.95. The van der Waals surface area contributed by atoms with Crippen molar-refractivity contribution >= 4 is 11.2 Å². The third-order valence-electron chi connectivity index (χ3n) is 7.57. The van der Waals surface area contributed by atoms with Gasteiger partial charge < -0.3 is 13.9 Å². The van der Waals surface area contributed by atoms with E-state index < -0.39 is 11.9 Å². The van der Waals surface area contributed by atoms with Crippen LogP contribution in [0.4, 0.5) is 13.2 Å². The minimum Gasteiger partial charge on any atom is -0.480 e. The standard InChI is InChI=1S/C30H27F3N10O/c1-16(2)42-14-22(30(31,32)33)39-26(42)19-6-4-17(5-7-19)13-43-27(20-10-11-37-41-20)38-21-12-34-25(40-28(21)43)23-24(18-8-9-18)35-15-36-29(23)44-3/h4-7,10-12,14-16,18H,8-9,13H2,1-3H3,(H,37,41). The average molecular weight is 601 g/mol. The molecule has 0 saturated heterocycles. The molecule has 7 rings (SSSR count). The van der Waals surface area contributed by atoms with Gasteiger partial charge >= 0.3 is 6.18 Å². The Kier molecular flexibility index (Phi) is 6.63. The number of fused-ring (bicyclic) bond motifs is 1. The number of benzene rings is 1. The molecule has 5 aromatic heterocycles. The number of hydrogen-bond acceptors (Lipinski definition) is 8. The van der Waals surface area contributed by atoms with Crippen LogP contribution < -0.4 is 4.74 Å². The lowest BCUT2D eigenvalue weighted by Gasteiger charge is -2.13. The van der Waals surface area contributed by atoms with E-state index in [2.05, 4.69) is 30.1 Å². The first-order valence-corrected chi connectivity index (χ1v) is 14.1. The molecule has 5 heterocycles. The molecule has 0 atom stereocenters. The van der Waals surface area contributed by atoms with E-state index in [0.29, 0.717) is 58.0 Å². The first-order valence-electron chi connectivity index (χ1n) is 14.1. The second-order valence-corrected chi connectivity index (χ2v) is 10.9. The number of methoxy groups -OCH3 is 1. The predicted molar refractivity (Wildman–Crippen MR) is 155 cm³/mol. The van der Waals surface area contributed by atoms with E-state index >= 15 is 0 Å². The Morgan fingerprint density at radius 3 is 2.45 bits per heavy atom. The van der Waals surface area contributed by atoms with Gasteiger partial charge in [-0.25, -0.2) is 29.9 Å². The number of hydrogen-bond donors (Lipinski definition) is 1. The van der Waals surface area contributed by atoms with Crippen LogP contribution in [0.25, 0.3) is 45.5 Å². The van der Waals surface area contributed by atoms with Crippen LogP contribution in [-0.2, 0) is 12.7 Å². The van der Waals surface area contributed by atoms with Crippen molar-refractivity contribution in [1.29, 1.82) is 0 Å². The number of nitrogens with one attached hydrogen (secondary N) is 1. The van der Waals surface area contributed by atoms with Crippen molar-refractivity contribution in [2.45, 2.75) is 51.4 Å². The molecular formula is C30H27F3N10O. The molecule has 44 heavy (non-hydrogen) atoms. The zero-order chi connectivity index (χ0) is 30.6. The van der Waals surface area contributed by atoms with Gasteiger partial charge in [0.1, 0.15) is 28.9 Å². The van der Waals surface area contributed by atoms with Crippen LogP contribution in [0.15, 0.2) is 55.2 Å². The molecule has 1 saturated carbocycles. The molecule has 11 nitrogen and oxygen atoms in total. The Hall–Kier alpha value is -5.14. The summed E-state index contributed by atoms with van der Waals surface area (Å²) < 4.78 is 49.4. The van der Waals surface area contributed by atoms with Gasteiger partial charge in [0.2, 0.25) is 5.88 Å². The number of H-pyrrole nitrogens is 1. The molecule has 6 aromatic rings. The molecule has 0 spiro atoms. The highest BCUT2D eigenvalue weighted by molar-refractivity contribution is 5.79. The van der Waals surface area contributed by atoms with Crippen LogP contribution in [0.3, 0.4) is 0 Å². The second kappa shape index (κ2) is 10.5. The lowest BCUT2D eigenvalue weighted by Crippen LogP contribution is -2.06.